The van der Waals surface area contributed by atoms with Crippen molar-refractivity contribution >= 4 is 30.7 Å². The average molecular weight is 400 g/mol. The molecule has 0 heterocycles. The first kappa shape index (κ1) is 17.2. The summed E-state index contributed by atoms with van der Waals surface area (Å²) in [5.74, 6) is 0. The minimum atomic E-state index is 0. The Kier molecular flexibility index (Phi) is 10.3. The maximum absolute atomic E-state index is 3.10. The van der Waals surface area contributed by atoms with Crippen LogP contribution in [0.5, 0.6) is 0 Å². The Morgan fingerprint density at radius 1 is 1.29 bits per heavy atom. The third-order valence-electron chi connectivity index (χ3n) is 1.99. The SMILES string of the molecule is CN(C)Cc1ccc[c-]1[Se]=[Se].[Fe+2].c1cc[cH-]c1. The van der Waals surface area contributed by atoms with Gasteiger partial charge >= 0.3 is 97.1 Å². The molecule has 0 spiro atoms. The normalized spacial score (nSPS) is 9.12. The molecule has 0 N–H and O–H groups in total. The summed E-state index contributed by atoms with van der Waals surface area (Å²) >= 11 is 3.63. The maximum atomic E-state index is 3.10. The van der Waals surface area contributed by atoms with Gasteiger partial charge in [-0.15, -0.1) is 0 Å². The molecule has 0 bridgehead atoms. The molecule has 0 atom stereocenters. The third kappa shape index (κ3) is 7.28. The van der Waals surface area contributed by atoms with Crippen LogP contribution in [0, 0.1) is 0 Å². The fourth-order valence-electron chi connectivity index (χ4n) is 1.31. The molecule has 0 unspecified atom stereocenters. The van der Waals surface area contributed by atoms with Crippen LogP contribution >= 0.6 is 0 Å². The van der Waals surface area contributed by atoms with Gasteiger partial charge in [-0.25, -0.2) is 12.1 Å². The first-order valence-electron chi connectivity index (χ1n) is 5.10. The van der Waals surface area contributed by atoms with Crippen molar-refractivity contribution in [2.24, 2.45) is 0 Å². The van der Waals surface area contributed by atoms with Crippen molar-refractivity contribution in [3.05, 3.63) is 54.1 Å². The number of hydrogen-bond donors (Lipinski definition) is 0. The molecule has 2 aromatic carbocycles. The fraction of sp³-hybridized carbons (Fsp3) is 0.231. The molecule has 2 rings (SSSR count). The van der Waals surface area contributed by atoms with Gasteiger partial charge in [-0.3, -0.25) is 0 Å². The molecule has 0 amide bonds. The third-order valence-corrected chi connectivity index (χ3v) is 5.16. The summed E-state index contributed by atoms with van der Waals surface area (Å²) in [4.78, 5) is 2.20. The van der Waals surface area contributed by atoms with Gasteiger partial charge in [-0.1, -0.05) is 0 Å². The van der Waals surface area contributed by atoms with E-state index in [1.807, 2.05) is 30.3 Å². The quantitative estimate of drug-likeness (QED) is 0.555. The molecular weight excluding hydrogens is 384 g/mol. The molecule has 0 saturated carbocycles. The Morgan fingerprint density at radius 2 is 1.94 bits per heavy atom. The van der Waals surface area contributed by atoms with Crippen LogP contribution in [0.25, 0.3) is 0 Å². The minimum absolute atomic E-state index is 0. The molecule has 0 fully saturated rings. The zero-order chi connectivity index (χ0) is 11.8. The van der Waals surface area contributed by atoms with Crippen molar-refractivity contribution in [2.75, 3.05) is 14.1 Å². The van der Waals surface area contributed by atoms with Crippen LogP contribution in [0.4, 0.5) is 0 Å². The molecular formula is C13H16FeNSe2. The van der Waals surface area contributed by atoms with Gasteiger partial charge in [0.25, 0.3) is 0 Å². The molecule has 4 heteroatoms. The Morgan fingerprint density at radius 3 is 2.35 bits per heavy atom. The first-order valence-corrected chi connectivity index (χ1v) is 10.3. The van der Waals surface area contributed by atoms with E-state index in [1.54, 1.807) is 0 Å². The summed E-state index contributed by atoms with van der Waals surface area (Å²) in [6, 6.07) is 16.5. The van der Waals surface area contributed by atoms with Gasteiger partial charge in [0.2, 0.25) is 0 Å². The Bertz CT molecular complexity index is 376. The summed E-state index contributed by atoms with van der Waals surface area (Å²) in [6.07, 6.45) is 0. The van der Waals surface area contributed by atoms with Crippen molar-refractivity contribution in [1.29, 1.82) is 0 Å². The maximum Gasteiger partial charge on any atom is 2.00 e. The van der Waals surface area contributed by atoms with E-state index in [2.05, 4.69) is 50.8 Å². The number of nitrogens with zero attached hydrogens (tertiary/aromatic N) is 1. The van der Waals surface area contributed by atoms with E-state index >= 15 is 0 Å². The summed E-state index contributed by atoms with van der Waals surface area (Å²) in [5.41, 5.74) is 1.47. The predicted octanol–water partition coefficient (Wildman–Crippen LogP) is 1.28. The van der Waals surface area contributed by atoms with Crippen LogP contribution in [0.1, 0.15) is 5.56 Å². The second-order valence-electron chi connectivity index (χ2n) is 3.70. The summed E-state index contributed by atoms with van der Waals surface area (Å²) < 4.78 is 1.49. The molecule has 93 valence electrons. The smallest absolute Gasteiger partial charge is 0.214 e. The minimum Gasteiger partial charge on any atom is -0.214 e. The first-order chi connectivity index (χ1) is 7.74. The van der Waals surface area contributed by atoms with Gasteiger partial charge in [-0.2, -0.15) is 18.2 Å². The second-order valence-corrected chi connectivity index (χ2v) is 6.79. The van der Waals surface area contributed by atoms with E-state index in [0.29, 0.717) is 12.6 Å². The molecule has 0 aliphatic carbocycles. The van der Waals surface area contributed by atoms with Gasteiger partial charge in [0, 0.05) is 0 Å². The van der Waals surface area contributed by atoms with Crippen LogP contribution < -0.4 is 4.46 Å². The molecule has 0 aliphatic heterocycles. The van der Waals surface area contributed by atoms with Gasteiger partial charge in [0.05, 0.1) is 0 Å². The summed E-state index contributed by atoms with van der Waals surface area (Å²) in [6.45, 7) is 1.06. The summed E-state index contributed by atoms with van der Waals surface area (Å²) in [5, 5.41) is 0. The Hall–Kier alpha value is 0.218. The van der Waals surface area contributed by atoms with Crippen LogP contribution in [0.15, 0.2) is 48.5 Å². The Balaban J connectivity index is 0.000000360. The molecule has 0 saturated heterocycles. The van der Waals surface area contributed by atoms with E-state index in [9.17, 15) is 0 Å². The van der Waals surface area contributed by atoms with E-state index in [0.717, 1.165) is 6.54 Å². The van der Waals surface area contributed by atoms with Crippen LogP contribution in [0.2, 0.25) is 0 Å². The number of rotatable bonds is 3. The predicted molar refractivity (Wildman–Crippen MR) is 72.6 cm³/mol. The second kappa shape index (κ2) is 10.2. The fourth-order valence-corrected chi connectivity index (χ4v) is 3.87. The van der Waals surface area contributed by atoms with Crippen molar-refractivity contribution < 1.29 is 17.1 Å². The molecule has 17 heavy (non-hydrogen) atoms. The monoisotopic (exact) mass is 402 g/mol. The standard InChI is InChI=1S/C8H11NSe2.C5H5.Fe/c1-9(2)6-7-4-3-5-8(7)11-10;1-2-4-5-3-1;/h3-5H,6H2,1-2H3;1-5H;/q2*-1;+2. The number of hydrogen-bond acceptors (Lipinski definition) is 1. The van der Waals surface area contributed by atoms with Crippen molar-refractivity contribution in [3.8, 4) is 0 Å². The van der Waals surface area contributed by atoms with E-state index in [1.165, 1.54) is 10.0 Å². The van der Waals surface area contributed by atoms with Crippen LogP contribution in [-0.4, -0.2) is 45.2 Å². The molecule has 0 aliphatic rings. The van der Waals surface area contributed by atoms with Crippen molar-refractivity contribution in [3.63, 3.8) is 0 Å². The zero-order valence-electron chi connectivity index (χ0n) is 9.94. The largest absolute Gasteiger partial charge is 2.00 e. The summed E-state index contributed by atoms with van der Waals surface area (Å²) in [7, 11) is 4.20. The van der Waals surface area contributed by atoms with E-state index in [4.69, 9.17) is 0 Å². The van der Waals surface area contributed by atoms with Crippen LogP contribution in [-0.2, 0) is 23.6 Å². The van der Waals surface area contributed by atoms with Gasteiger partial charge < -0.3 is 0 Å². The van der Waals surface area contributed by atoms with E-state index < -0.39 is 0 Å². The van der Waals surface area contributed by atoms with Crippen LogP contribution in [0.3, 0.4) is 0 Å². The molecule has 0 aromatic heterocycles. The molecule has 2 aromatic rings. The molecule has 1 radical (unpaired) electrons. The van der Waals surface area contributed by atoms with Gasteiger partial charge in [-0.05, 0) is 0 Å². The topological polar surface area (TPSA) is 3.24 Å². The van der Waals surface area contributed by atoms with E-state index in [-0.39, 0.29) is 17.1 Å². The Labute approximate surface area is 127 Å². The molecule has 1 nitrogen and oxygen atoms in total. The van der Waals surface area contributed by atoms with Crippen molar-refractivity contribution in [1.82, 2.24) is 4.90 Å². The van der Waals surface area contributed by atoms with Crippen molar-refractivity contribution in [2.45, 2.75) is 6.54 Å². The van der Waals surface area contributed by atoms with Gasteiger partial charge in [0.15, 0.2) is 0 Å². The average Bonchev–Trinajstić information content (AvgIpc) is 2.89. The zero-order valence-corrected chi connectivity index (χ0v) is 14.5. The van der Waals surface area contributed by atoms with Gasteiger partial charge in [0.1, 0.15) is 0 Å².